The summed E-state index contributed by atoms with van der Waals surface area (Å²) in [7, 11) is 0. The van der Waals surface area contributed by atoms with Crippen LogP contribution in [0.25, 0.3) is 0 Å². The lowest BCUT2D eigenvalue weighted by Crippen LogP contribution is -2.07. The van der Waals surface area contributed by atoms with Crippen molar-refractivity contribution in [2.45, 2.75) is 194 Å². The number of hydrogen-bond acceptors (Lipinski definition) is 2. The normalized spacial score (nSPS) is 11.4. The predicted octanol–water partition coefficient (Wildman–Crippen LogP) is 12.5. The fraction of sp³-hybridized carbons (Fsp3) is 0.970. The van der Waals surface area contributed by atoms with Gasteiger partial charge in [0, 0.05) is 6.92 Å². The maximum Gasteiger partial charge on any atom is 0.156 e. The molecule has 0 fully saturated rings. The van der Waals surface area contributed by atoms with Crippen LogP contribution in [-0.2, 0) is 4.74 Å². The van der Waals surface area contributed by atoms with E-state index in [1.165, 1.54) is 173 Å². The number of hydrogen-bond donors (Lipinski definition) is 0. The van der Waals surface area contributed by atoms with Crippen molar-refractivity contribution in [2.75, 3.05) is 6.61 Å². The predicted molar refractivity (Wildman–Crippen MR) is 164 cm³/mol. The van der Waals surface area contributed by atoms with Gasteiger partial charge >= 0.3 is 0 Å². The van der Waals surface area contributed by atoms with Crippen molar-refractivity contribution in [1.29, 1.82) is 0 Å². The Balaban J connectivity index is 3.68. The fourth-order valence-electron chi connectivity index (χ4n) is 5.35. The van der Waals surface area contributed by atoms with Gasteiger partial charge in [0.2, 0.25) is 0 Å². The molecule has 0 aromatic rings. The van der Waals surface area contributed by atoms with E-state index in [1.807, 2.05) is 6.92 Å². The molecule has 2 heteroatoms. The van der Waals surface area contributed by atoms with Gasteiger partial charge in [0.25, 0.3) is 0 Å². The molecule has 0 saturated carbocycles. The topological polar surface area (TPSA) is 9.23 Å². The monoisotopic (exact) mass is 510 g/mol. The maximum absolute atomic E-state index is 5.63. The summed E-state index contributed by atoms with van der Waals surface area (Å²) in [6, 6.07) is 0. The molecule has 35 heavy (non-hydrogen) atoms. The third-order valence-corrected chi connectivity index (χ3v) is 7.88. The zero-order valence-corrected chi connectivity index (χ0v) is 25.5. The minimum Gasteiger partial charge on any atom is -0.487 e. The SMILES string of the molecule is CCCCCCCCCCCCCCC(CCCCCCCCCCCCCC)CCOC(C)=S. The first kappa shape index (κ1) is 34.9. The van der Waals surface area contributed by atoms with Gasteiger partial charge < -0.3 is 4.74 Å². The Labute approximate surface area is 228 Å². The Bertz CT molecular complexity index is 380. The largest absolute Gasteiger partial charge is 0.487 e. The lowest BCUT2D eigenvalue weighted by Gasteiger charge is -2.17. The highest BCUT2D eigenvalue weighted by Gasteiger charge is 2.09. The molecular weight excluding hydrogens is 444 g/mol. The molecule has 0 rings (SSSR count). The molecule has 0 atom stereocenters. The quantitative estimate of drug-likeness (QED) is 0.0730. The Hall–Kier alpha value is -0.110. The molecule has 0 N–H and O–H groups in total. The lowest BCUT2D eigenvalue weighted by atomic mass is 9.91. The zero-order chi connectivity index (χ0) is 25.7. The molecule has 0 aromatic carbocycles. The Morgan fingerprint density at radius 1 is 0.457 bits per heavy atom. The standard InChI is InChI=1S/C33H66OS/c1-4-6-8-10-12-14-16-18-20-22-24-26-28-33(30-31-34-32(3)35)29-27-25-23-21-19-17-15-13-11-9-7-5-2/h33H,4-31H2,1-3H3. The zero-order valence-electron chi connectivity index (χ0n) is 24.7. The molecule has 0 radical (unpaired) electrons. The number of rotatable bonds is 29. The molecule has 0 aliphatic rings. The smallest absolute Gasteiger partial charge is 0.156 e. The molecule has 0 aliphatic carbocycles. The average molecular weight is 511 g/mol. The molecule has 1 nitrogen and oxygen atoms in total. The van der Waals surface area contributed by atoms with E-state index >= 15 is 0 Å². The van der Waals surface area contributed by atoms with Crippen LogP contribution in [0.1, 0.15) is 194 Å². The molecule has 0 saturated heterocycles. The van der Waals surface area contributed by atoms with Crippen molar-refractivity contribution >= 4 is 17.3 Å². The summed E-state index contributed by atoms with van der Waals surface area (Å²) in [5.41, 5.74) is 0. The van der Waals surface area contributed by atoms with Gasteiger partial charge in [-0.1, -0.05) is 181 Å². The second-order valence-electron chi connectivity index (χ2n) is 11.4. The molecule has 0 bridgehead atoms. The fourth-order valence-corrected chi connectivity index (χ4v) is 5.43. The first-order valence-electron chi connectivity index (χ1n) is 16.3. The van der Waals surface area contributed by atoms with Crippen LogP contribution in [0.3, 0.4) is 0 Å². The van der Waals surface area contributed by atoms with E-state index in [0.29, 0.717) is 5.05 Å². The summed E-state index contributed by atoms with van der Waals surface area (Å²) in [4.78, 5) is 0. The second kappa shape index (κ2) is 30.1. The van der Waals surface area contributed by atoms with Crippen LogP contribution in [0.5, 0.6) is 0 Å². The van der Waals surface area contributed by atoms with E-state index in [9.17, 15) is 0 Å². The highest BCUT2D eigenvalue weighted by atomic mass is 32.1. The Morgan fingerprint density at radius 2 is 0.743 bits per heavy atom. The first-order chi connectivity index (χ1) is 17.2. The van der Waals surface area contributed by atoms with Gasteiger partial charge in [-0.25, -0.2) is 0 Å². The van der Waals surface area contributed by atoms with Crippen LogP contribution in [0.4, 0.5) is 0 Å². The van der Waals surface area contributed by atoms with E-state index in [2.05, 4.69) is 13.8 Å². The van der Waals surface area contributed by atoms with Crippen LogP contribution >= 0.6 is 12.2 Å². The van der Waals surface area contributed by atoms with E-state index < -0.39 is 0 Å². The van der Waals surface area contributed by atoms with Crippen molar-refractivity contribution in [3.8, 4) is 0 Å². The molecular formula is C33H66OS. The van der Waals surface area contributed by atoms with Crippen LogP contribution in [-0.4, -0.2) is 11.7 Å². The molecule has 210 valence electrons. The summed E-state index contributed by atoms with van der Waals surface area (Å²) in [5.74, 6) is 0.843. The van der Waals surface area contributed by atoms with Gasteiger partial charge in [-0.3, -0.25) is 0 Å². The van der Waals surface area contributed by atoms with Gasteiger partial charge in [-0.2, -0.15) is 0 Å². The Morgan fingerprint density at radius 3 is 1.03 bits per heavy atom. The van der Waals surface area contributed by atoms with Crippen molar-refractivity contribution in [2.24, 2.45) is 5.92 Å². The summed E-state index contributed by atoms with van der Waals surface area (Å²) in [6.07, 6.45) is 38.5. The highest BCUT2D eigenvalue weighted by molar-refractivity contribution is 7.80. The van der Waals surface area contributed by atoms with E-state index in [-0.39, 0.29) is 0 Å². The summed E-state index contributed by atoms with van der Waals surface area (Å²) in [6.45, 7) is 7.34. The van der Waals surface area contributed by atoms with Crippen LogP contribution in [0, 0.1) is 5.92 Å². The van der Waals surface area contributed by atoms with E-state index in [1.54, 1.807) is 0 Å². The van der Waals surface area contributed by atoms with Crippen molar-refractivity contribution in [1.82, 2.24) is 0 Å². The van der Waals surface area contributed by atoms with Crippen molar-refractivity contribution in [3.05, 3.63) is 0 Å². The maximum atomic E-state index is 5.63. The lowest BCUT2D eigenvalue weighted by molar-refractivity contribution is 0.253. The minimum atomic E-state index is 0.708. The van der Waals surface area contributed by atoms with Gasteiger partial charge in [0.15, 0.2) is 5.05 Å². The van der Waals surface area contributed by atoms with Gasteiger partial charge in [-0.05, 0) is 24.6 Å². The summed E-state index contributed by atoms with van der Waals surface area (Å²) < 4.78 is 5.63. The van der Waals surface area contributed by atoms with Gasteiger partial charge in [-0.15, -0.1) is 0 Å². The summed E-state index contributed by atoms with van der Waals surface area (Å²) >= 11 is 5.11. The molecule has 0 amide bonds. The average Bonchev–Trinajstić information content (AvgIpc) is 2.84. The molecule has 0 unspecified atom stereocenters. The first-order valence-corrected chi connectivity index (χ1v) is 16.7. The minimum absolute atomic E-state index is 0.708. The number of ether oxygens (including phenoxy) is 1. The van der Waals surface area contributed by atoms with Crippen LogP contribution < -0.4 is 0 Å². The summed E-state index contributed by atoms with van der Waals surface area (Å²) in [5, 5.41) is 0.708. The number of unbranched alkanes of at least 4 members (excludes halogenated alkanes) is 22. The Kier molecular flexibility index (Phi) is 30.0. The van der Waals surface area contributed by atoms with Crippen LogP contribution in [0.15, 0.2) is 0 Å². The van der Waals surface area contributed by atoms with Crippen molar-refractivity contribution < 1.29 is 4.74 Å². The van der Waals surface area contributed by atoms with E-state index in [4.69, 9.17) is 17.0 Å². The van der Waals surface area contributed by atoms with Gasteiger partial charge in [0.05, 0.1) is 6.61 Å². The van der Waals surface area contributed by atoms with E-state index in [0.717, 1.165) is 12.5 Å². The third kappa shape index (κ3) is 30.0. The molecule has 0 spiro atoms. The molecule has 0 aromatic heterocycles. The number of thiocarbonyl (C=S) groups is 1. The van der Waals surface area contributed by atoms with Crippen molar-refractivity contribution in [3.63, 3.8) is 0 Å². The van der Waals surface area contributed by atoms with Crippen LogP contribution in [0.2, 0.25) is 0 Å². The third-order valence-electron chi connectivity index (χ3n) is 7.76. The van der Waals surface area contributed by atoms with Gasteiger partial charge in [0.1, 0.15) is 0 Å². The molecule has 0 heterocycles. The molecule has 0 aliphatic heterocycles. The highest BCUT2D eigenvalue weighted by Crippen LogP contribution is 2.23. The second-order valence-corrected chi connectivity index (χ2v) is 11.9.